The average Bonchev–Trinajstić information content (AvgIpc) is 3.11. The second kappa shape index (κ2) is 7.48. The van der Waals surface area contributed by atoms with Gasteiger partial charge in [-0.2, -0.15) is 0 Å². The van der Waals surface area contributed by atoms with E-state index < -0.39 is 16.1 Å². The maximum absolute atomic E-state index is 12.4. The molecule has 7 atom stereocenters. The largest absolute Gasteiger partial charge is 0.392 e. The fraction of sp³-hybridized carbons (Fsp3) is 0.550. The van der Waals surface area contributed by atoms with Gasteiger partial charge in [0, 0.05) is 23.9 Å². The Bertz CT molecular complexity index is 884. The number of hydrogen-bond donors (Lipinski definition) is 3. The summed E-state index contributed by atoms with van der Waals surface area (Å²) >= 11 is 1.56. The molecule has 28 heavy (non-hydrogen) atoms. The van der Waals surface area contributed by atoms with Gasteiger partial charge in [0.2, 0.25) is 15.9 Å². The van der Waals surface area contributed by atoms with E-state index in [0.717, 1.165) is 23.8 Å². The highest BCUT2D eigenvalue weighted by atomic mass is 32.2. The van der Waals surface area contributed by atoms with Crippen molar-refractivity contribution < 1.29 is 18.3 Å². The van der Waals surface area contributed by atoms with Crippen LogP contribution in [0.5, 0.6) is 0 Å². The first-order valence-electron chi connectivity index (χ1n) is 9.62. The second-order valence-electron chi connectivity index (χ2n) is 8.10. The van der Waals surface area contributed by atoms with Crippen LogP contribution in [0.4, 0.5) is 0 Å². The first kappa shape index (κ1) is 19.9. The van der Waals surface area contributed by atoms with E-state index in [9.17, 15) is 18.3 Å². The number of sulfonamides is 1. The van der Waals surface area contributed by atoms with Gasteiger partial charge in [0.05, 0.1) is 17.6 Å². The third-order valence-electron chi connectivity index (χ3n) is 6.19. The predicted octanol–water partition coefficient (Wildman–Crippen LogP) is 1.89. The van der Waals surface area contributed by atoms with Crippen LogP contribution in [-0.4, -0.2) is 43.1 Å². The van der Waals surface area contributed by atoms with Crippen molar-refractivity contribution in [3.05, 3.63) is 46.9 Å². The molecule has 4 rings (SSSR count). The molecular weight excluding hydrogens is 396 g/mol. The molecule has 152 valence electrons. The highest BCUT2D eigenvalue weighted by Gasteiger charge is 2.51. The van der Waals surface area contributed by atoms with Crippen LogP contribution in [0.25, 0.3) is 0 Å². The lowest BCUT2D eigenvalue weighted by atomic mass is 9.63. The Kier molecular flexibility index (Phi) is 5.33. The van der Waals surface area contributed by atoms with Crippen molar-refractivity contribution in [1.82, 2.24) is 10.0 Å². The zero-order valence-corrected chi connectivity index (χ0v) is 17.5. The van der Waals surface area contributed by atoms with Crippen molar-refractivity contribution in [3.63, 3.8) is 0 Å². The van der Waals surface area contributed by atoms with Crippen molar-refractivity contribution in [2.24, 2.45) is 11.8 Å². The Labute approximate surface area is 170 Å². The number of thioether (sulfide) groups is 1. The lowest BCUT2D eigenvalue weighted by Gasteiger charge is -2.48. The normalized spacial score (nSPS) is 35.8. The fourth-order valence-electron chi connectivity index (χ4n) is 4.99. The molecule has 1 saturated carbocycles. The van der Waals surface area contributed by atoms with Crippen molar-refractivity contribution in [2.45, 2.75) is 49.1 Å². The number of piperidine rings is 1. The van der Waals surface area contributed by atoms with E-state index in [4.69, 9.17) is 0 Å². The Morgan fingerprint density at radius 1 is 1.25 bits per heavy atom. The molecule has 2 heterocycles. The molecule has 6 unspecified atom stereocenters. The van der Waals surface area contributed by atoms with Gasteiger partial charge in [-0.3, -0.25) is 4.79 Å². The van der Waals surface area contributed by atoms with E-state index >= 15 is 0 Å². The number of nitrogens with one attached hydrogen (secondary N) is 2. The van der Waals surface area contributed by atoms with Crippen molar-refractivity contribution in [1.29, 1.82) is 0 Å². The molecular formula is C20H26N2O4S2. The molecule has 1 saturated heterocycles. The molecule has 3 aliphatic rings. The fourth-order valence-corrected chi connectivity index (χ4v) is 6.85. The number of fused-ring (bicyclic) bond motifs is 3. The number of rotatable bonds is 4. The number of benzene rings is 1. The van der Waals surface area contributed by atoms with Gasteiger partial charge in [-0.05, 0) is 42.2 Å². The van der Waals surface area contributed by atoms with E-state index in [1.165, 1.54) is 0 Å². The van der Waals surface area contributed by atoms with Crippen molar-refractivity contribution in [2.75, 3.05) is 6.26 Å². The lowest BCUT2D eigenvalue weighted by Crippen LogP contribution is -2.59. The zero-order valence-electron chi connectivity index (χ0n) is 15.9. The molecule has 0 bridgehead atoms. The van der Waals surface area contributed by atoms with Gasteiger partial charge < -0.3 is 10.4 Å². The van der Waals surface area contributed by atoms with Gasteiger partial charge >= 0.3 is 0 Å². The standard InChI is InChI=1S/C20H26N2O4S2/c1-11(22-28(2,25)26)12-3-5-13(6-4-12)17-16(23)8-7-15-18(17)14-9-10-27-19(14)20(24)21-15/h3-6,9-11,14-19,22-23H,7-8H2,1-2H3,(H,21,24)/t11-,14?,15?,16?,17?,18?,19?/m1/s1. The first-order chi connectivity index (χ1) is 13.2. The van der Waals surface area contributed by atoms with Crippen LogP contribution in [0.2, 0.25) is 0 Å². The number of allylic oxidation sites excluding steroid dienone is 1. The van der Waals surface area contributed by atoms with Crippen LogP contribution in [-0.2, 0) is 14.8 Å². The van der Waals surface area contributed by atoms with Crippen LogP contribution >= 0.6 is 11.8 Å². The maximum Gasteiger partial charge on any atom is 0.234 e. The Morgan fingerprint density at radius 3 is 2.64 bits per heavy atom. The van der Waals surface area contributed by atoms with Crippen LogP contribution in [0.3, 0.4) is 0 Å². The van der Waals surface area contributed by atoms with Gasteiger partial charge in [-0.15, -0.1) is 11.8 Å². The minimum absolute atomic E-state index is 0.0533. The predicted molar refractivity (Wildman–Crippen MR) is 110 cm³/mol. The average molecular weight is 423 g/mol. The highest BCUT2D eigenvalue weighted by Crippen LogP contribution is 2.50. The number of hydrogen-bond acceptors (Lipinski definition) is 5. The summed E-state index contributed by atoms with van der Waals surface area (Å²) in [4.78, 5) is 12.4. The minimum Gasteiger partial charge on any atom is -0.392 e. The van der Waals surface area contributed by atoms with Gasteiger partial charge in [0.1, 0.15) is 0 Å². The summed E-state index contributed by atoms with van der Waals surface area (Å²) in [5.41, 5.74) is 1.92. The van der Waals surface area contributed by atoms with Gasteiger partial charge in [-0.25, -0.2) is 13.1 Å². The van der Waals surface area contributed by atoms with Crippen molar-refractivity contribution in [3.8, 4) is 0 Å². The van der Waals surface area contributed by atoms with E-state index in [0.29, 0.717) is 6.42 Å². The molecule has 3 N–H and O–H groups in total. The number of amides is 1. The van der Waals surface area contributed by atoms with Crippen LogP contribution in [0, 0.1) is 11.8 Å². The summed E-state index contributed by atoms with van der Waals surface area (Å²) < 4.78 is 25.5. The smallest absolute Gasteiger partial charge is 0.234 e. The SMILES string of the molecule is C[C@@H](NS(C)(=O)=O)c1ccc(C2C(O)CCC3NC(=O)C4SC=CC4C32)cc1. The Balaban J connectivity index is 1.61. The molecule has 1 aromatic carbocycles. The van der Waals surface area contributed by atoms with Crippen LogP contribution in [0.15, 0.2) is 35.7 Å². The molecule has 0 radical (unpaired) electrons. The van der Waals surface area contributed by atoms with Crippen molar-refractivity contribution >= 4 is 27.7 Å². The van der Waals surface area contributed by atoms with E-state index in [1.807, 2.05) is 36.6 Å². The Morgan fingerprint density at radius 2 is 1.96 bits per heavy atom. The maximum atomic E-state index is 12.4. The number of aliphatic hydroxyl groups is 1. The third-order valence-corrected chi connectivity index (χ3v) is 8.10. The molecule has 2 fully saturated rings. The number of aliphatic hydroxyl groups excluding tert-OH is 1. The molecule has 1 aromatic rings. The molecule has 0 aromatic heterocycles. The zero-order chi connectivity index (χ0) is 20.1. The summed E-state index contributed by atoms with van der Waals surface area (Å²) in [7, 11) is -3.28. The summed E-state index contributed by atoms with van der Waals surface area (Å²) in [6.07, 6.45) is 4.28. The van der Waals surface area contributed by atoms with E-state index in [2.05, 4.69) is 16.1 Å². The van der Waals surface area contributed by atoms with Gasteiger partial charge in [-0.1, -0.05) is 30.3 Å². The molecule has 1 aliphatic carbocycles. The van der Waals surface area contributed by atoms with Gasteiger partial charge in [0.25, 0.3) is 0 Å². The summed E-state index contributed by atoms with van der Waals surface area (Å²) in [5.74, 6) is 0.346. The number of carbonyl (C=O) groups excluding carboxylic acids is 1. The molecule has 6 nitrogen and oxygen atoms in total. The topological polar surface area (TPSA) is 95.5 Å². The second-order valence-corrected chi connectivity index (χ2v) is 10.9. The monoisotopic (exact) mass is 422 g/mol. The minimum atomic E-state index is -3.28. The number of carbonyl (C=O) groups is 1. The summed E-state index contributed by atoms with van der Waals surface area (Å²) in [5, 5.41) is 15.9. The summed E-state index contributed by atoms with van der Waals surface area (Å²) in [6.45, 7) is 1.81. The first-order valence-corrected chi connectivity index (χ1v) is 12.5. The van der Waals surface area contributed by atoms with Crippen LogP contribution < -0.4 is 10.0 Å². The molecule has 2 aliphatic heterocycles. The molecule has 0 spiro atoms. The Hall–Kier alpha value is -1.35. The van der Waals surface area contributed by atoms with Crippen LogP contribution in [0.1, 0.15) is 42.9 Å². The lowest BCUT2D eigenvalue weighted by molar-refractivity contribution is -0.126. The quantitative estimate of drug-likeness (QED) is 0.689. The van der Waals surface area contributed by atoms with E-state index in [-0.39, 0.29) is 41.0 Å². The summed E-state index contributed by atoms with van der Waals surface area (Å²) in [6, 6.07) is 7.59. The molecule has 8 heteroatoms. The molecule has 1 amide bonds. The third kappa shape index (κ3) is 3.75. The highest BCUT2D eigenvalue weighted by molar-refractivity contribution is 8.03. The van der Waals surface area contributed by atoms with E-state index in [1.54, 1.807) is 11.8 Å². The van der Waals surface area contributed by atoms with Gasteiger partial charge in [0.15, 0.2) is 0 Å².